The van der Waals surface area contributed by atoms with Gasteiger partial charge in [0, 0.05) is 24.4 Å². The number of nitrogens with zero attached hydrogens (tertiary/aromatic N) is 2. The van der Waals surface area contributed by atoms with Crippen molar-refractivity contribution in [2.24, 2.45) is 7.05 Å². The Hall–Kier alpha value is -1.51. The molecule has 1 unspecified atom stereocenters. The van der Waals surface area contributed by atoms with Gasteiger partial charge in [-0.25, -0.2) is 4.79 Å². The van der Waals surface area contributed by atoms with Gasteiger partial charge in [-0.2, -0.15) is 5.10 Å². The number of hydrogen-bond acceptors (Lipinski definition) is 3. The molecular weight excluding hydrogens is 367 g/mol. The van der Waals surface area contributed by atoms with Crippen LogP contribution in [0.25, 0.3) is 6.08 Å². The number of aromatic amines is 2. The molecule has 6 nitrogen and oxygen atoms in total. The van der Waals surface area contributed by atoms with E-state index in [9.17, 15) is 9.59 Å². The van der Waals surface area contributed by atoms with Gasteiger partial charge in [-0.15, -0.1) is 12.2 Å². The first-order chi connectivity index (χ1) is 12.0. The fourth-order valence-electron chi connectivity index (χ4n) is 2.71. The van der Waals surface area contributed by atoms with Crippen molar-refractivity contribution >= 4 is 6.08 Å². The molecular formula is C20H22KN4O2-. The average molecular weight is 390 g/mol. The Labute approximate surface area is 201 Å². The molecule has 0 spiro atoms. The first kappa shape index (κ1) is 23.5. The molecule has 3 aromatic rings. The standard InChI is InChI=1S/C19H19N4O2.CH3.K/c1-12(14-7-5-4-6-8-14)17-16(13(2)23(3)22-17)10-9-15-11-20-19(25)21-18(15)24;;/h4-8,10-12H,1-3H3,(H2,20,21,24,25);1H3;/q2*-1;+1. The molecule has 0 amide bonds. The summed E-state index contributed by atoms with van der Waals surface area (Å²) in [7, 11) is 1.89. The van der Waals surface area contributed by atoms with Gasteiger partial charge >= 0.3 is 57.1 Å². The van der Waals surface area contributed by atoms with Crippen LogP contribution in [0, 0.1) is 20.4 Å². The molecule has 2 aromatic heterocycles. The zero-order valence-electron chi connectivity index (χ0n) is 16.3. The van der Waals surface area contributed by atoms with Crippen molar-refractivity contribution in [3.63, 3.8) is 0 Å². The Balaban J connectivity index is 0.00000182. The first-order valence-corrected chi connectivity index (χ1v) is 7.97. The molecule has 1 aromatic carbocycles. The molecule has 7 heteroatoms. The number of hydrogen-bond donors (Lipinski definition) is 2. The van der Waals surface area contributed by atoms with Crippen molar-refractivity contribution in [1.82, 2.24) is 19.7 Å². The molecule has 1 atom stereocenters. The number of H-pyrrole nitrogens is 2. The van der Waals surface area contributed by atoms with E-state index >= 15 is 0 Å². The zero-order chi connectivity index (χ0) is 18.0. The van der Waals surface area contributed by atoms with E-state index in [0.717, 1.165) is 22.5 Å². The molecule has 2 heterocycles. The van der Waals surface area contributed by atoms with Crippen LogP contribution in [0.15, 0.2) is 46.1 Å². The number of benzene rings is 1. The summed E-state index contributed by atoms with van der Waals surface area (Å²) in [6.45, 7) is 4.07. The van der Waals surface area contributed by atoms with E-state index in [2.05, 4.69) is 40.2 Å². The van der Waals surface area contributed by atoms with Gasteiger partial charge in [0.2, 0.25) is 0 Å². The Morgan fingerprint density at radius 2 is 1.89 bits per heavy atom. The van der Waals surface area contributed by atoms with E-state index < -0.39 is 11.2 Å². The molecule has 3 rings (SSSR count). The van der Waals surface area contributed by atoms with Gasteiger partial charge in [0.15, 0.2) is 5.56 Å². The van der Waals surface area contributed by atoms with E-state index in [1.807, 2.05) is 36.9 Å². The van der Waals surface area contributed by atoms with Crippen molar-refractivity contribution in [1.29, 1.82) is 0 Å². The van der Waals surface area contributed by atoms with Gasteiger partial charge < -0.3 is 22.2 Å². The third-order valence-corrected chi connectivity index (χ3v) is 4.31. The summed E-state index contributed by atoms with van der Waals surface area (Å²) in [6.07, 6.45) is 6.07. The van der Waals surface area contributed by atoms with Gasteiger partial charge in [0.25, 0.3) is 0 Å². The second kappa shape index (κ2) is 10.1. The third kappa shape index (κ3) is 5.27. The van der Waals surface area contributed by atoms with Crippen molar-refractivity contribution in [2.75, 3.05) is 0 Å². The Morgan fingerprint density at radius 1 is 1.22 bits per heavy atom. The van der Waals surface area contributed by atoms with Gasteiger partial charge in [-0.3, -0.25) is 4.68 Å². The van der Waals surface area contributed by atoms with Gasteiger partial charge in [-0.05, 0) is 12.5 Å². The average Bonchev–Trinajstić information content (AvgIpc) is 2.89. The van der Waals surface area contributed by atoms with Crippen LogP contribution in [0.2, 0.25) is 0 Å². The molecule has 0 radical (unpaired) electrons. The number of rotatable bonds is 4. The fourth-order valence-corrected chi connectivity index (χ4v) is 2.71. The summed E-state index contributed by atoms with van der Waals surface area (Å²) in [5.74, 6) is 0.100. The van der Waals surface area contributed by atoms with Crippen molar-refractivity contribution in [3.8, 4) is 0 Å². The number of nitrogens with one attached hydrogen (secondary N) is 2. The molecule has 2 N–H and O–H groups in total. The summed E-state index contributed by atoms with van der Waals surface area (Å²) in [6, 6.07) is 10.1. The van der Waals surface area contributed by atoms with E-state index in [-0.39, 0.29) is 70.3 Å². The third-order valence-electron chi connectivity index (χ3n) is 4.31. The van der Waals surface area contributed by atoms with Crippen LogP contribution < -0.4 is 62.6 Å². The van der Waals surface area contributed by atoms with Crippen molar-refractivity contribution in [3.05, 3.63) is 98.9 Å². The number of aryl methyl sites for hydroxylation is 1. The largest absolute Gasteiger partial charge is 1.00 e. The maximum Gasteiger partial charge on any atom is 1.00 e. The Kier molecular flexibility index (Phi) is 8.84. The first-order valence-electron chi connectivity index (χ1n) is 7.97. The Morgan fingerprint density at radius 3 is 2.52 bits per heavy atom. The summed E-state index contributed by atoms with van der Waals surface area (Å²) in [4.78, 5) is 27.6. The molecule has 0 aliphatic carbocycles. The van der Waals surface area contributed by atoms with Crippen LogP contribution in [-0.2, 0) is 7.05 Å². The van der Waals surface area contributed by atoms with Crippen LogP contribution in [0.4, 0.5) is 0 Å². The second-order valence-corrected chi connectivity index (χ2v) is 5.91. The number of aromatic nitrogens is 4. The van der Waals surface area contributed by atoms with E-state index in [1.165, 1.54) is 6.20 Å². The molecule has 27 heavy (non-hydrogen) atoms. The second-order valence-electron chi connectivity index (χ2n) is 5.91. The van der Waals surface area contributed by atoms with Gasteiger partial charge in [0.05, 0.1) is 0 Å². The molecule has 0 saturated carbocycles. The predicted molar refractivity (Wildman–Crippen MR) is 103 cm³/mol. The van der Waals surface area contributed by atoms with Crippen LogP contribution in [0.3, 0.4) is 0 Å². The monoisotopic (exact) mass is 389 g/mol. The summed E-state index contributed by atoms with van der Waals surface area (Å²) in [5.41, 5.74) is 3.24. The smallest absolute Gasteiger partial charge is 0.358 e. The summed E-state index contributed by atoms with van der Waals surface area (Å²) in [5, 5.41) is 4.64. The normalized spacial score (nSPS) is 11.7. The minimum absolute atomic E-state index is 0. The molecule has 0 aliphatic heterocycles. The maximum absolute atomic E-state index is 11.8. The van der Waals surface area contributed by atoms with Crippen LogP contribution in [0.5, 0.6) is 0 Å². The van der Waals surface area contributed by atoms with E-state index in [0.29, 0.717) is 0 Å². The van der Waals surface area contributed by atoms with Crippen molar-refractivity contribution in [2.45, 2.75) is 19.8 Å². The van der Waals surface area contributed by atoms with Crippen LogP contribution >= 0.6 is 0 Å². The molecule has 0 saturated heterocycles. The topological polar surface area (TPSA) is 83.5 Å². The quantitative estimate of drug-likeness (QED) is 0.469. The molecule has 0 bridgehead atoms. The minimum atomic E-state index is -0.536. The predicted octanol–water partition coefficient (Wildman–Crippen LogP) is -0.424. The summed E-state index contributed by atoms with van der Waals surface area (Å²) >= 11 is 0. The molecule has 0 fully saturated rings. The maximum atomic E-state index is 11.8. The van der Waals surface area contributed by atoms with Gasteiger partial charge in [-0.1, -0.05) is 54.6 Å². The van der Waals surface area contributed by atoms with Crippen LogP contribution in [0.1, 0.15) is 40.9 Å². The Bertz CT molecular complexity index is 1030. The SMILES string of the molecule is Cc1c(C=[C-]c2c[nH]c(=O)[nH]c2=O)c(C(C)c2ccccc2)nn1C.[CH3-].[K+]. The fraction of sp³-hybridized carbons (Fsp3) is 0.200. The summed E-state index contributed by atoms with van der Waals surface area (Å²) < 4.78 is 1.82. The van der Waals surface area contributed by atoms with Gasteiger partial charge in [0.1, 0.15) is 0 Å². The minimum Gasteiger partial charge on any atom is -0.358 e. The van der Waals surface area contributed by atoms with Crippen molar-refractivity contribution < 1.29 is 51.4 Å². The van der Waals surface area contributed by atoms with E-state index in [1.54, 1.807) is 6.08 Å². The zero-order valence-corrected chi connectivity index (χ0v) is 19.5. The molecule has 136 valence electrons. The molecule has 0 aliphatic rings. The van der Waals surface area contributed by atoms with Crippen LogP contribution in [-0.4, -0.2) is 19.7 Å². The van der Waals surface area contributed by atoms with E-state index in [4.69, 9.17) is 0 Å².